The number of hydrogen-bond donors (Lipinski definition) is 1. The summed E-state index contributed by atoms with van der Waals surface area (Å²) in [6, 6.07) is 0. The molecule has 0 fully saturated rings. The Balaban J connectivity index is 3.96. The predicted octanol–water partition coefficient (Wildman–Crippen LogP) is 1.45. The van der Waals surface area contributed by atoms with Gasteiger partial charge in [0, 0.05) is 11.9 Å². The van der Waals surface area contributed by atoms with Crippen LogP contribution in [0.1, 0.15) is 13.3 Å². The third-order valence-corrected chi connectivity index (χ3v) is 0.908. The fourth-order valence-electron chi connectivity index (χ4n) is 0.481. The molecule has 0 aliphatic rings. The van der Waals surface area contributed by atoms with Gasteiger partial charge in [0.05, 0.1) is 0 Å². The lowest BCUT2D eigenvalue weighted by Gasteiger charge is -1.89. The molecule has 0 aliphatic carbocycles. The van der Waals surface area contributed by atoms with Crippen LogP contribution in [0.2, 0.25) is 0 Å². The van der Waals surface area contributed by atoms with Gasteiger partial charge >= 0.3 is 0 Å². The fraction of sp³-hybridized carbons (Fsp3) is 0.286. The molecule has 0 aromatic heterocycles. The first-order valence-corrected chi connectivity index (χ1v) is 2.91. The summed E-state index contributed by atoms with van der Waals surface area (Å²) in [6.07, 6.45) is 5.64. The maximum atomic E-state index is 5.14. The van der Waals surface area contributed by atoms with Gasteiger partial charge in [0.25, 0.3) is 0 Å². The third-order valence-electron chi connectivity index (χ3n) is 0.908. The van der Waals surface area contributed by atoms with Crippen molar-refractivity contribution >= 4 is 5.71 Å². The fourth-order valence-corrected chi connectivity index (χ4v) is 0.481. The zero-order chi connectivity index (χ0) is 7.11. The van der Waals surface area contributed by atoms with E-state index in [1.165, 1.54) is 12.4 Å². The van der Waals surface area contributed by atoms with Gasteiger partial charge in [0.1, 0.15) is 0 Å². The van der Waals surface area contributed by atoms with E-state index >= 15 is 0 Å². The van der Waals surface area contributed by atoms with Crippen molar-refractivity contribution in [2.75, 3.05) is 0 Å². The van der Waals surface area contributed by atoms with Crippen LogP contribution in [0.15, 0.2) is 30.0 Å². The second-order valence-corrected chi connectivity index (χ2v) is 1.52. The molecule has 2 N–H and O–H groups in total. The van der Waals surface area contributed by atoms with E-state index in [1.807, 2.05) is 6.92 Å². The summed E-state index contributed by atoms with van der Waals surface area (Å²) in [5.74, 6) is 0. The van der Waals surface area contributed by atoms with E-state index in [-0.39, 0.29) is 0 Å². The molecule has 0 amide bonds. The average molecular weight is 124 g/mol. The first-order chi connectivity index (χ1) is 4.35. The summed E-state index contributed by atoms with van der Waals surface area (Å²) in [5, 5.41) is 0. The van der Waals surface area contributed by atoms with Crippen molar-refractivity contribution in [2.24, 2.45) is 10.7 Å². The van der Waals surface area contributed by atoms with E-state index in [9.17, 15) is 0 Å². The lowest BCUT2D eigenvalue weighted by molar-refractivity contribution is 1.28. The van der Waals surface area contributed by atoms with Crippen LogP contribution in [0.25, 0.3) is 0 Å². The Morgan fingerprint density at radius 3 is 2.78 bits per heavy atom. The minimum Gasteiger partial charge on any atom is -0.405 e. The van der Waals surface area contributed by atoms with Gasteiger partial charge in [-0.25, -0.2) is 0 Å². The van der Waals surface area contributed by atoms with Gasteiger partial charge in [0.15, 0.2) is 0 Å². The molecule has 0 unspecified atom stereocenters. The topological polar surface area (TPSA) is 38.4 Å². The number of rotatable bonds is 3. The SMILES string of the molecule is C=CN=C(/C=C\N)CC. The molecule has 0 spiro atoms. The van der Waals surface area contributed by atoms with Gasteiger partial charge in [-0.05, 0) is 18.7 Å². The molecule has 0 aromatic carbocycles. The summed E-state index contributed by atoms with van der Waals surface area (Å²) < 4.78 is 0. The van der Waals surface area contributed by atoms with E-state index in [0.717, 1.165) is 12.1 Å². The Bertz CT molecular complexity index is 134. The van der Waals surface area contributed by atoms with E-state index in [4.69, 9.17) is 5.73 Å². The van der Waals surface area contributed by atoms with Crippen LogP contribution in [-0.4, -0.2) is 5.71 Å². The zero-order valence-corrected chi connectivity index (χ0v) is 5.67. The lowest BCUT2D eigenvalue weighted by atomic mass is 10.3. The van der Waals surface area contributed by atoms with Gasteiger partial charge in [-0.2, -0.15) is 0 Å². The highest BCUT2D eigenvalue weighted by molar-refractivity contribution is 5.94. The zero-order valence-electron chi connectivity index (χ0n) is 5.67. The highest BCUT2D eigenvalue weighted by atomic mass is 14.7. The summed E-state index contributed by atoms with van der Waals surface area (Å²) in [6.45, 7) is 5.48. The Morgan fingerprint density at radius 1 is 1.78 bits per heavy atom. The molecular weight excluding hydrogens is 112 g/mol. The minimum atomic E-state index is 0.889. The van der Waals surface area contributed by atoms with Crippen molar-refractivity contribution < 1.29 is 0 Å². The normalized spacial score (nSPS) is 12.3. The molecule has 2 nitrogen and oxygen atoms in total. The quantitative estimate of drug-likeness (QED) is 0.568. The van der Waals surface area contributed by atoms with Gasteiger partial charge in [-0.3, -0.25) is 4.99 Å². The van der Waals surface area contributed by atoms with Crippen molar-refractivity contribution in [3.63, 3.8) is 0 Å². The second-order valence-electron chi connectivity index (χ2n) is 1.52. The van der Waals surface area contributed by atoms with Gasteiger partial charge in [0.2, 0.25) is 0 Å². The summed E-state index contributed by atoms with van der Waals surface area (Å²) in [5.41, 5.74) is 6.09. The number of nitrogens with zero attached hydrogens (tertiary/aromatic N) is 1. The molecule has 9 heavy (non-hydrogen) atoms. The summed E-state index contributed by atoms with van der Waals surface area (Å²) in [4.78, 5) is 3.95. The first kappa shape index (κ1) is 7.95. The molecule has 0 heterocycles. The van der Waals surface area contributed by atoms with Crippen LogP contribution in [-0.2, 0) is 0 Å². The van der Waals surface area contributed by atoms with Crippen LogP contribution in [0, 0.1) is 0 Å². The summed E-state index contributed by atoms with van der Waals surface area (Å²) >= 11 is 0. The number of nitrogens with two attached hydrogens (primary N) is 1. The smallest absolute Gasteiger partial charge is 0.0414 e. The predicted molar refractivity (Wildman–Crippen MR) is 41.3 cm³/mol. The summed E-state index contributed by atoms with van der Waals surface area (Å²) in [7, 11) is 0. The van der Waals surface area contributed by atoms with Crippen molar-refractivity contribution in [3.8, 4) is 0 Å². The molecule has 0 bridgehead atoms. The Labute approximate surface area is 55.8 Å². The molecule has 0 aromatic rings. The third kappa shape index (κ3) is 3.53. The van der Waals surface area contributed by atoms with E-state index in [2.05, 4.69) is 11.6 Å². The monoisotopic (exact) mass is 124 g/mol. The molecule has 0 rings (SSSR count). The molecule has 0 saturated heterocycles. The van der Waals surface area contributed by atoms with Crippen LogP contribution < -0.4 is 5.73 Å². The van der Waals surface area contributed by atoms with Crippen LogP contribution >= 0.6 is 0 Å². The van der Waals surface area contributed by atoms with E-state index < -0.39 is 0 Å². The maximum absolute atomic E-state index is 5.14. The largest absolute Gasteiger partial charge is 0.405 e. The maximum Gasteiger partial charge on any atom is 0.0414 e. The number of aliphatic imine (C=N–C) groups is 1. The van der Waals surface area contributed by atoms with Crippen LogP contribution in [0.3, 0.4) is 0 Å². The molecule has 0 radical (unpaired) electrons. The Morgan fingerprint density at radius 2 is 2.44 bits per heavy atom. The van der Waals surface area contributed by atoms with Crippen molar-refractivity contribution in [2.45, 2.75) is 13.3 Å². The van der Waals surface area contributed by atoms with Gasteiger partial charge in [-0.15, -0.1) is 0 Å². The first-order valence-electron chi connectivity index (χ1n) is 2.91. The highest BCUT2D eigenvalue weighted by Crippen LogP contribution is 1.87. The minimum absolute atomic E-state index is 0.889. The van der Waals surface area contributed by atoms with Crippen molar-refractivity contribution in [1.29, 1.82) is 0 Å². The molecule has 2 heteroatoms. The Kier molecular flexibility index (Phi) is 4.50. The molecule has 0 aliphatic heterocycles. The van der Waals surface area contributed by atoms with Crippen molar-refractivity contribution in [1.82, 2.24) is 0 Å². The van der Waals surface area contributed by atoms with E-state index in [0.29, 0.717) is 0 Å². The number of hydrogen-bond acceptors (Lipinski definition) is 2. The van der Waals surface area contributed by atoms with Crippen molar-refractivity contribution in [3.05, 3.63) is 25.1 Å². The standard InChI is InChI=1S/C7H12N2/c1-3-7(5-6-8)9-4-2/h4-6H,2-3,8H2,1H3/b6-5-,9-7?. The molecule has 0 atom stereocenters. The molecule has 0 saturated carbocycles. The average Bonchev–Trinajstić information content (AvgIpc) is 1.88. The van der Waals surface area contributed by atoms with Crippen LogP contribution in [0.4, 0.5) is 0 Å². The van der Waals surface area contributed by atoms with Gasteiger partial charge < -0.3 is 5.73 Å². The molecule has 50 valence electrons. The highest BCUT2D eigenvalue weighted by Gasteiger charge is 1.83. The van der Waals surface area contributed by atoms with E-state index in [1.54, 1.807) is 6.08 Å². The second kappa shape index (κ2) is 5.09. The lowest BCUT2D eigenvalue weighted by Crippen LogP contribution is -1.90. The van der Waals surface area contributed by atoms with Gasteiger partial charge in [-0.1, -0.05) is 13.5 Å². The number of allylic oxidation sites excluding steroid dienone is 1. The van der Waals surface area contributed by atoms with Crippen LogP contribution in [0.5, 0.6) is 0 Å². The Hall–Kier alpha value is -1.05. The molecular formula is C7H12N2.